The lowest BCUT2D eigenvalue weighted by Gasteiger charge is -1.95. The van der Waals surface area contributed by atoms with Gasteiger partial charge in [0, 0.05) is 11.3 Å². The van der Waals surface area contributed by atoms with E-state index in [1.54, 1.807) is 23.1 Å². The van der Waals surface area contributed by atoms with Crippen LogP contribution >= 0.6 is 11.8 Å². The van der Waals surface area contributed by atoms with Crippen LogP contribution in [0.5, 0.6) is 0 Å². The van der Waals surface area contributed by atoms with Crippen molar-refractivity contribution in [2.45, 2.75) is 17.5 Å². The van der Waals surface area contributed by atoms with Crippen LogP contribution < -0.4 is 0 Å². The van der Waals surface area contributed by atoms with Crippen molar-refractivity contribution in [2.24, 2.45) is 0 Å². The third-order valence-electron chi connectivity index (χ3n) is 3.18. The van der Waals surface area contributed by atoms with Gasteiger partial charge in [0.25, 0.3) is 5.22 Å². The van der Waals surface area contributed by atoms with Crippen molar-refractivity contribution in [3.63, 3.8) is 0 Å². The van der Waals surface area contributed by atoms with Gasteiger partial charge in [0.05, 0.1) is 5.69 Å². The highest BCUT2D eigenvalue weighted by Gasteiger charge is 2.11. The zero-order valence-electron chi connectivity index (χ0n) is 12.7. The quantitative estimate of drug-likeness (QED) is 0.486. The summed E-state index contributed by atoms with van der Waals surface area (Å²) in [7, 11) is 0. The van der Waals surface area contributed by atoms with Crippen molar-refractivity contribution >= 4 is 11.8 Å². The number of benzene rings is 1. The molecule has 0 saturated heterocycles. The normalized spacial score (nSPS) is 11.1. The minimum absolute atomic E-state index is 0.336. The third kappa shape index (κ3) is 3.74. The van der Waals surface area contributed by atoms with Crippen LogP contribution in [0, 0.1) is 5.82 Å². The molecule has 25 heavy (non-hydrogen) atoms. The highest BCUT2D eigenvalue weighted by atomic mass is 32.2. The van der Waals surface area contributed by atoms with E-state index in [-0.39, 0.29) is 5.82 Å². The number of hydrogen-bond donors (Lipinski definition) is 0. The van der Waals surface area contributed by atoms with Crippen molar-refractivity contribution < 1.29 is 13.2 Å². The lowest BCUT2D eigenvalue weighted by Crippen LogP contribution is -1.99. The summed E-state index contributed by atoms with van der Waals surface area (Å²) >= 11 is 1.34. The number of nitrogens with zero attached hydrogens (tertiary/aromatic N) is 6. The summed E-state index contributed by atoms with van der Waals surface area (Å²) in [5.74, 6) is 0.961. The SMILES string of the molecule is Fc1cccc(-c2nc(CSc3nnc(Cn4cncn4)o3)co2)c1. The van der Waals surface area contributed by atoms with Crippen LogP contribution in [0.1, 0.15) is 11.6 Å². The Morgan fingerprint density at radius 3 is 3.04 bits per heavy atom. The highest BCUT2D eigenvalue weighted by Crippen LogP contribution is 2.24. The molecule has 4 aromatic rings. The predicted octanol–water partition coefficient (Wildman–Crippen LogP) is 2.80. The zero-order chi connectivity index (χ0) is 17.1. The molecule has 0 aliphatic heterocycles. The van der Waals surface area contributed by atoms with Gasteiger partial charge in [0.1, 0.15) is 31.3 Å². The first kappa shape index (κ1) is 15.5. The fraction of sp³-hybridized carbons (Fsp3) is 0.133. The highest BCUT2D eigenvalue weighted by molar-refractivity contribution is 7.98. The van der Waals surface area contributed by atoms with Crippen molar-refractivity contribution in [1.82, 2.24) is 29.9 Å². The van der Waals surface area contributed by atoms with Gasteiger partial charge in [-0.1, -0.05) is 17.8 Å². The minimum atomic E-state index is -0.336. The first-order chi connectivity index (χ1) is 12.3. The Balaban J connectivity index is 1.38. The molecule has 0 spiro atoms. The van der Waals surface area contributed by atoms with Crippen LogP contribution in [0.3, 0.4) is 0 Å². The maximum atomic E-state index is 13.3. The summed E-state index contributed by atoms with van der Waals surface area (Å²) in [6, 6.07) is 6.09. The van der Waals surface area contributed by atoms with Crippen LogP contribution in [-0.2, 0) is 12.3 Å². The van der Waals surface area contributed by atoms with Crippen molar-refractivity contribution in [2.75, 3.05) is 0 Å². The molecule has 3 heterocycles. The second kappa shape index (κ2) is 6.85. The van der Waals surface area contributed by atoms with Gasteiger partial charge in [-0.25, -0.2) is 19.0 Å². The molecule has 0 aliphatic rings. The summed E-state index contributed by atoms with van der Waals surface area (Å²) in [5, 5.41) is 12.3. The number of halogens is 1. The van der Waals surface area contributed by atoms with Crippen LogP contribution in [0.15, 0.2) is 57.2 Å². The molecule has 126 valence electrons. The van der Waals surface area contributed by atoms with Gasteiger partial charge in [-0.2, -0.15) is 5.10 Å². The van der Waals surface area contributed by atoms with Crippen molar-refractivity contribution in [1.29, 1.82) is 0 Å². The van der Waals surface area contributed by atoms with E-state index in [0.29, 0.717) is 40.6 Å². The third-order valence-corrected chi connectivity index (χ3v) is 4.03. The Labute approximate surface area is 145 Å². The van der Waals surface area contributed by atoms with E-state index in [0.717, 1.165) is 0 Å². The first-order valence-electron chi connectivity index (χ1n) is 7.24. The molecule has 1 aromatic carbocycles. The van der Waals surface area contributed by atoms with Crippen LogP contribution in [0.25, 0.3) is 11.5 Å². The van der Waals surface area contributed by atoms with Gasteiger partial charge in [-0.3, -0.25) is 0 Å². The molecule has 0 amide bonds. The molecule has 0 radical (unpaired) electrons. The van der Waals surface area contributed by atoms with Crippen molar-refractivity contribution in [3.05, 3.63) is 60.6 Å². The Morgan fingerprint density at radius 2 is 2.20 bits per heavy atom. The molecule has 0 unspecified atom stereocenters. The molecular formula is C15H11FN6O2S. The average Bonchev–Trinajstić information content (AvgIpc) is 3.36. The molecule has 3 aromatic heterocycles. The fourth-order valence-corrected chi connectivity index (χ4v) is 2.73. The van der Waals surface area contributed by atoms with Crippen molar-refractivity contribution in [3.8, 4) is 11.5 Å². The van der Waals surface area contributed by atoms with E-state index in [2.05, 4.69) is 25.3 Å². The number of aromatic nitrogens is 6. The molecular weight excluding hydrogens is 347 g/mol. The Morgan fingerprint density at radius 1 is 1.24 bits per heavy atom. The fourth-order valence-electron chi connectivity index (χ4n) is 2.08. The van der Waals surface area contributed by atoms with Gasteiger partial charge in [0.15, 0.2) is 0 Å². The van der Waals surface area contributed by atoms with E-state index in [9.17, 15) is 4.39 Å². The van der Waals surface area contributed by atoms with Crippen LogP contribution in [-0.4, -0.2) is 29.9 Å². The molecule has 0 atom stereocenters. The topological polar surface area (TPSA) is 95.7 Å². The summed E-state index contributed by atoms with van der Waals surface area (Å²) < 4.78 is 25.8. The lowest BCUT2D eigenvalue weighted by atomic mass is 10.2. The Hall–Kier alpha value is -3.01. The predicted molar refractivity (Wildman–Crippen MR) is 84.9 cm³/mol. The molecule has 0 fully saturated rings. The van der Waals surface area contributed by atoms with Gasteiger partial charge in [0.2, 0.25) is 11.8 Å². The van der Waals surface area contributed by atoms with E-state index in [1.165, 1.54) is 36.5 Å². The molecule has 10 heteroatoms. The second-order valence-corrected chi connectivity index (χ2v) is 5.92. The Bertz CT molecular complexity index is 968. The largest absolute Gasteiger partial charge is 0.444 e. The zero-order valence-corrected chi connectivity index (χ0v) is 13.6. The van der Waals surface area contributed by atoms with Crippen LogP contribution in [0.2, 0.25) is 0 Å². The molecule has 0 N–H and O–H groups in total. The molecule has 8 nitrogen and oxygen atoms in total. The van der Waals surface area contributed by atoms with E-state index < -0.39 is 0 Å². The minimum Gasteiger partial charge on any atom is -0.444 e. The molecule has 4 rings (SSSR count). The molecule has 0 aliphatic carbocycles. The van der Waals surface area contributed by atoms with E-state index in [1.807, 2.05) is 0 Å². The van der Waals surface area contributed by atoms with Gasteiger partial charge >= 0.3 is 0 Å². The van der Waals surface area contributed by atoms with Gasteiger partial charge in [-0.05, 0) is 18.2 Å². The summed E-state index contributed by atoms with van der Waals surface area (Å²) in [5.41, 5.74) is 1.28. The molecule has 0 bridgehead atoms. The summed E-state index contributed by atoms with van der Waals surface area (Å²) in [6.07, 6.45) is 4.53. The smallest absolute Gasteiger partial charge is 0.277 e. The molecule has 0 saturated carbocycles. The monoisotopic (exact) mass is 358 g/mol. The van der Waals surface area contributed by atoms with E-state index >= 15 is 0 Å². The summed E-state index contributed by atoms with van der Waals surface area (Å²) in [6.45, 7) is 0.362. The van der Waals surface area contributed by atoms with Gasteiger partial charge < -0.3 is 8.83 Å². The second-order valence-electron chi connectivity index (χ2n) is 5.00. The number of rotatable bonds is 6. The first-order valence-corrected chi connectivity index (χ1v) is 8.23. The standard InChI is InChI=1S/C15H11FN6O2S/c16-11-3-1-2-10(4-11)14-19-12(6-23-14)7-25-15-21-20-13(24-15)5-22-9-17-8-18-22/h1-4,6,8-9H,5,7H2. The number of oxazole rings is 1. The Kier molecular flexibility index (Phi) is 4.25. The van der Waals surface area contributed by atoms with Crippen LogP contribution in [0.4, 0.5) is 4.39 Å². The number of hydrogen-bond acceptors (Lipinski definition) is 8. The van der Waals surface area contributed by atoms with Gasteiger partial charge in [-0.15, -0.1) is 10.2 Å². The number of thioether (sulfide) groups is 1. The maximum absolute atomic E-state index is 13.3. The average molecular weight is 358 g/mol. The van der Waals surface area contributed by atoms with E-state index in [4.69, 9.17) is 8.83 Å². The maximum Gasteiger partial charge on any atom is 0.277 e. The summed E-state index contributed by atoms with van der Waals surface area (Å²) in [4.78, 5) is 8.19. The lowest BCUT2D eigenvalue weighted by molar-refractivity contribution is 0.397.